The topological polar surface area (TPSA) is 77.8 Å². The number of rotatable bonds is 11. The first kappa shape index (κ1) is 20.7. The van der Waals surface area contributed by atoms with Crippen LogP contribution in [0.1, 0.15) is 45.2 Å². The molecule has 148 valence electrons. The van der Waals surface area contributed by atoms with E-state index in [1.807, 2.05) is 13.1 Å². The third kappa shape index (κ3) is 6.88. The number of carbonyl (C=O) groups is 1. The van der Waals surface area contributed by atoms with Crippen molar-refractivity contribution in [2.75, 3.05) is 19.8 Å². The molecule has 1 N–H and O–H groups in total. The van der Waals surface area contributed by atoms with Gasteiger partial charge in [0, 0.05) is 18.3 Å². The Labute approximate surface area is 158 Å². The van der Waals surface area contributed by atoms with Gasteiger partial charge < -0.3 is 14.8 Å². The van der Waals surface area contributed by atoms with Gasteiger partial charge in [0.2, 0.25) is 5.78 Å². The lowest BCUT2D eigenvalue weighted by atomic mass is 10.2. The summed E-state index contributed by atoms with van der Waals surface area (Å²) in [5.41, 5.74) is 1.27. The van der Waals surface area contributed by atoms with Crippen LogP contribution in [0.2, 0.25) is 0 Å². The van der Waals surface area contributed by atoms with E-state index in [1.54, 1.807) is 16.8 Å². The largest absolute Gasteiger partial charge is 0.486 e. The molecule has 0 spiro atoms. The van der Waals surface area contributed by atoms with Crippen molar-refractivity contribution < 1.29 is 18.7 Å². The van der Waals surface area contributed by atoms with E-state index in [2.05, 4.69) is 22.2 Å². The summed E-state index contributed by atoms with van der Waals surface area (Å²) in [7, 11) is 0. The maximum Gasteiger partial charge on any atom is 0.407 e. The predicted molar refractivity (Wildman–Crippen MR) is 101 cm³/mol. The van der Waals surface area contributed by atoms with Crippen LogP contribution in [0.15, 0.2) is 30.5 Å². The summed E-state index contributed by atoms with van der Waals surface area (Å²) in [5.74, 6) is 1.10. The van der Waals surface area contributed by atoms with Crippen LogP contribution in [-0.4, -0.2) is 40.2 Å². The Hall–Kier alpha value is -2.64. The minimum Gasteiger partial charge on any atom is -0.486 e. The first-order valence-electron chi connectivity index (χ1n) is 9.31. The van der Waals surface area contributed by atoms with E-state index < -0.39 is 6.09 Å². The number of alkyl carbamates (subject to hydrolysis) is 1. The van der Waals surface area contributed by atoms with Crippen LogP contribution >= 0.6 is 0 Å². The van der Waals surface area contributed by atoms with Gasteiger partial charge in [-0.15, -0.1) is 0 Å². The second kappa shape index (κ2) is 11.2. The van der Waals surface area contributed by atoms with E-state index in [1.165, 1.54) is 0 Å². The number of fused-ring (bicyclic) bond motifs is 1. The van der Waals surface area contributed by atoms with Gasteiger partial charge >= 0.3 is 6.09 Å². The van der Waals surface area contributed by atoms with Gasteiger partial charge in [0.05, 0.1) is 31.0 Å². The first-order valence-corrected chi connectivity index (χ1v) is 9.31. The van der Waals surface area contributed by atoms with E-state index >= 15 is 0 Å². The highest BCUT2D eigenvalue weighted by Crippen LogP contribution is 2.13. The molecule has 0 radical (unpaired) electrons. The van der Waals surface area contributed by atoms with Crippen molar-refractivity contribution in [2.24, 2.45) is 0 Å². The van der Waals surface area contributed by atoms with Crippen molar-refractivity contribution in [1.82, 2.24) is 19.7 Å². The van der Waals surface area contributed by atoms with E-state index in [9.17, 15) is 9.18 Å². The molecule has 0 aliphatic heterocycles. The van der Waals surface area contributed by atoms with Gasteiger partial charge in [-0.2, -0.15) is 0 Å². The number of imidazole rings is 1. The number of aromatic nitrogens is 3. The summed E-state index contributed by atoms with van der Waals surface area (Å²) in [4.78, 5) is 20.2. The lowest BCUT2D eigenvalue weighted by Crippen LogP contribution is -2.28. The zero-order valence-electron chi connectivity index (χ0n) is 15.9. The summed E-state index contributed by atoms with van der Waals surface area (Å²) in [6.45, 7) is 4.50. The highest BCUT2D eigenvalue weighted by molar-refractivity contribution is 5.67. The van der Waals surface area contributed by atoms with Crippen molar-refractivity contribution in [3.05, 3.63) is 36.2 Å². The summed E-state index contributed by atoms with van der Waals surface area (Å²) < 4.78 is 25.4. The van der Waals surface area contributed by atoms with Gasteiger partial charge in [0.1, 0.15) is 6.61 Å². The van der Waals surface area contributed by atoms with Crippen LogP contribution < -0.4 is 10.1 Å². The number of nitrogens with one attached hydrogen (secondary N) is 1. The monoisotopic (exact) mass is 378 g/mol. The molecule has 2 aromatic heterocycles. The molecule has 0 bridgehead atoms. The second-order valence-corrected chi connectivity index (χ2v) is 6.23. The van der Waals surface area contributed by atoms with Gasteiger partial charge in [0.25, 0.3) is 0 Å². The van der Waals surface area contributed by atoms with Crippen molar-refractivity contribution >= 4 is 11.9 Å². The molecule has 0 atom stereocenters. The molecule has 2 aromatic rings. The number of ether oxygens (including phenoxy) is 2. The molecule has 8 heteroatoms. The maximum atomic E-state index is 13.0. The lowest BCUT2D eigenvalue weighted by Gasteiger charge is -2.10. The lowest BCUT2D eigenvalue weighted by molar-refractivity contribution is 0.145. The van der Waals surface area contributed by atoms with Crippen LogP contribution in [0.3, 0.4) is 0 Å². The zero-order chi connectivity index (χ0) is 19.5. The Balaban J connectivity index is 1.83. The minimum atomic E-state index is -0.566. The Morgan fingerprint density at radius 2 is 2.11 bits per heavy atom. The third-order valence-corrected chi connectivity index (χ3v) is 3.89. The molecule has 0 saturated carbocycles. The fourth-order valence-corrected chi connectivity index (χ4v) is 2.31. The Morgan fingerprint density at radius 3 is 2.85 bits per heavy atom. The molecule has 0 aromatic carbocycles. The predicted octanol–water partition coefficient (Wildman–Crippen LogP) is 3.83. The quantitative estimate of drug-likeness (QED) is 0.601. The van der Waals surface area contributed by atoms with Crippen LogP contribution in [0.5, 0.6) is 5.75 Å². The fraction of sp³-hybridized carbons (Fsp3) is 0.526. The van der Waals surface area contributed by atoms with Crippen LogP contribution in [0, 0.1) is 0 Å². The number of hydrogen-bond acceptors (Lipinski definition) is 5. The number of amides is 1. The Morgan fingerprint density at radius 1 is 1.30 bits per heavy atom. The highest BCUT2D eigenvalue weighted by atomic mass is 19.1. The highest BCUT2D eigenvalue weighted by Gasteiger charge is 2.07. The van der Waals surface area contributed by atoms with Gasteiger partial charge in [-0.3, -0.25) is 4.40 Å². The molecule has 2 rings (SSSR count). The molecule has 2 heterocycles. The fourth-order valence-electron chi connectivity index (χ4n) is 2.31. The van der Waals surface area contributed by atoms with Crippen molar-refractivity contribution in [3.63, 3.8) is 0 Å². The van der Waals surface area contributed by atoms with Gasteiger partial charge in [0.15, 0.2) is 5.75 Å². The summed E-state index contributed by atoms with van der Waals surface area (Å²) in [6, 6.07) is 0. The van der Waals surface area contributed by atoms with Crippen molar-refractivity contribution in [3.8, 4) is 5.75 Å². The van der Waals surface area contributed by atoms with Crippen molar-refractivity contribution in [2.45, 2.75) is 46.0 Å². The van der Waals surface area contributed by atoms with Gasteiger partial charge in [-0.05, 0) is 19.3 Å². The zero-order valence-corrected chi connectivity index (χ0v) is 15.9. The number of hydrogen-bond donors (Lipinski definition) is 1. The molecule has 0 saturated heterocycles. The summed E-state index contributed by atoms with van der Waals surface area (Å²) in [6.07, 6.45) is 9.91. The van der Waals surface area contributed by atoms with E-state index in [4.69, 9.17) is 9.47 Å². The molecule has 0 aliphatic rings. The molecule has 0 aliphatic carbocycles. The molecule has 7 nitrogen and oxygen atoms in total. The Kier molecular flexibility index (Phi) is 8.54. The smallest absolute Gasteiger partial charge is 0.407 e. The number of carbonyl (C=O) groups excluding carboxylic acids is 1. The Bertz CT molecular complexity index is 760. The van der Waals surface area contributed by atoms with E-state index in [0.717, 1.165) is 37.8 Å². The number of nitrogens with zero attached hydrogens (tertiary/aromatic N) is 3. The number of aryl methyl sites for hydroxylation is 1. The maximum absolute atomic E-state index is 13.0. The van der Waals surface area contributed by atoms with E-state index in [-0.39, 0.29) is 18.7 Å². The van der Waals surface area contributed by atoms with Gasteiger partial charge in [-0.1, -0.05) is 26.7 Å². The standard InChI is InChI=1S/C19H27FN4O3/c1-3-5-7-16-12-24-13-17(11-21-18(24)23-16)27-14-15(9-20)10-22-19(25)26-8-6-4-2/h9,11-13H,3-8,10,14H2,1-2H3,(H,22,25)/b15-9+. The van der Waals surface area contributed by atoms with Crippen LogP contribution in [0.25, 0.3) is 5.78 Å². The SMILES string of the molecule is CCCCOC(=O)NC/C(=C\F)COc1cnc2nc(CCCC)cn2c1. The summed E-state index contributed by atoms with van der Waals surface area (Å²) >= 11 is 0. The van der Waals surface area contributed by atoms with Crippen molar-refractivity contribution in [1.29, 1.82) is 0 Å². The molecule has 0 fully saturated rings. The molecular weight excluding hydrogens is 351 g/mol. The average Bonchev–Trinajstić information content (AvgIpc) is 3.08. The van der Waals surface area contributed by atoms with E-state index in [0.29, 0.717) is 24.5 Å². The van der Waals surface area contributed by atoms with Crippen LogP contribution in [0.4, 0.5) is 9.18 Å². The molecule has 0 unspecified atom stereocenters. The van der Waals surface area contributed by atoms with Crippen LogP contribution in [-0.2, 0) is 11.2 Å². The molecular formula is C19H27FN4O3. The first-order chi connectivity index (χ1) is 13.2. The summed E-state index contributed by atoms with van der Waals surface area (Å²) in [5, 5.41) is 2.50. The number of halogens is 1. The number of unbranched alkanes of at least 4 members (excludes halogenated alkanes) is 2. The molecule has 27 heavy (non-hydrogen) atoms. The second-order valence-electron chi connectivity index (χ2n) is 6.23. The van der Waals surface area contributed by atoms with Gasteiger partial charge in [-0.25, -0.2) is 19.2 Å². The third-order valence-electron chi connectivity index (χ3n) is 3.89. The molecule has 1 amide bonds. The minimum absolute atomic E-state index is 0.00366. The normalized spacial score (nSPS) is 11.6. The average molecular weight is 378 g/mol.